The SMILES string of the molecule is CC(C)(C)c1nc2ccccc2c2nc3ccccc3n12.CC=CCC. The first-order valence-corrected chi connectivity index (χ1v) is 9.25. The maximum Gasteiger partial charge on any atom is 0.148 e. The number of benzene rings is 2. The highest BCUT2D eigenvalue weighted by atomic mass is 15.1. The third-order valence-electron chi connectivity index (χ3n) is 4.29. The van der Waals surface area contributed by atoms with Gasteiger partial charge in [-0.15, -0.1) is 0 Å². The van der Waals surface area contributed by atoms with Crippen LogP contribution < -0.4 is 0 Å². The molecule has 2 aromatic carbocycles. The molecule has 0 amide bonds. The second-order valence-electron chi connectivity index (χ2n) is 7.44. The van der Waals surface area contributed by atoms with Gasteiger partial charge in [0, 0.05) is 10.8 Å². The van der Waals surface area contributed by atoms with Gasteiger partial charge in [0.15, 0.2) is 0 Å². The minimum Gasteiger partial charge on any atom is -0.279 e. The van der Waals surface area contributed by atoms with Gasteiger partial charge in [-0.3, -0.25) is 4.40 Å². The summed E-state index contributed by atoms with van der Waals surface area (Å²) in [6, 6.07) is 16.5. The molecule has 0 radical (unpaired) electrons. The number of hydrogen-bond donors (Lipinski definition) is 0. The molecule has 0 atom stereocenters. The van der Waals surface area contributed by atoms with Gasteiger partial charge in [0.2, 0.25) is 0 Å². The molecule has 134 valence electrons. The predicted molar refractivity (Wildman–Crippen MR) is 112 cm³/mol. The summed E-state index contributed by atoms with van der Waals surface area (Å²) in [6.45, 7) is 10.7. The Morgan fingerprint density at radius 2 is 1.58 bits per heavy atom. The van der Waals surface area contributed by atoms with E-state index in [1.54, 1.807) is 0 Å². The molecule has 3 nitrogen and oxygen atoms in total. The molecule has 0 unspecified atom stereocenters. The van der Waals surface area contributed by atoms with Gasteiger partial charge in [-0.05, 0) is 37.6 Å². The third-order valence-corrected chi connectivity index (χ3v) is 4.29. The number of allylic oxidation sites excluding steroid dienone is 2. The molecule has 0 saturated carbocycles. The van der Waals surface area contributed by atoms with Crippen LogP contribution in [0.5, 0.6) is 0 Å². The van der Waals surface area contributed by atoms with Crippen LogP contribution in [0.25, 0.3) is 27.6 Å². The van der Waals surface area contributed by atoms with E-state index in [4.69, 9.17) is 9.97 Å². The maximum atomic E-state index is 4.92. The third kappa shape index (κ3) is 3.34. The van der Waals surface area contributed by atoms with Crippen LogP contribution in [0.2, 0.25) is 0 Å². The highest BCUT2D eigenvalue weighted by molar-refractivity contribution is 5.96. The van der Waals surface area contributed by atoms with Crippen LogP contribution in [-0.2, 0) is 5.41 Å². The number of aromatic nitrogens is 3. The average molecular weight is 345 g/mol. The van der Waals surface area contributed by atoms with E-state index in [1.807, 2.05) is 25.1 Å². The van der Waals surface area contributed by atoms with Gasteiger partial charge in [0.05, 0.1) is 16.6 Å². The zero-order chi connectivity index (χ0) is 18.7. The van der Waals surface area contributed by atoms with Crippen molar-refractivity contribution in [2.45, 2.75) is 46.5 Å². The quantitative estimate of drug-likeness (QED) is 0.379. The van der Waals surface area contributed by atoms with Crippen molar-refractivity contribution in [2.75, 3.05) is 0 Å². The molecular formula is C23H27N3. The van der Waals surface area contributed by atoms with Crippen LogP contribution in [-0.4, -0.2) is 14.4 Å². The smallest absolute Gasteiger partial charge is 0.148 e. The van der Waals surface area contributed by atoms with Gasteiger partial charge < -0.3 is 0 Å². The molecule has 0 aliphatic heterocycles. The first-order valence-electron chi connectivity index (χ1n) is 9.25. The Labute approximate surface area is 155 Å². The fourth-order valence-electron chi connectivity index (χ4n) is 3.08. The molecule has 0 fully saturated rings. The van der Waals surface area contributed by atoms with Gasteiger partial charge in [0.1, 0.15) is 11.5 Å². The van der Waals surface area contributed by atoms with E-state index in [2.05, 4.69) is 74.6 Å². The molecule has 0 spiro atoms. The first kappa shape index (κ1) is 18.1. The molecule has 0 saturated heterocycles. The predicted octanol–water partition coefficient (Wildman–Crippen LogP) is 6.31. The van der Waals surface area contributed by atoms with Gasteiger partial charge in [-0.25, -0.2) is 9.97 Å². The molecule has 4 rings (SSSR count). The Hall–Kier alpha value is -2.68. The van der Waals surface area contributed by atoms with E-state index in [9.17, 15) is 0 Å². The van der Waals surface area contributed by atoms with Crippen molar-refractivity contribution in [3.63, 3.8) is 0 Å². The summed E-state index contributed by atoms with van der Waals surface area (Å²) in [5.41, 5.74) is 4.08. The van der Waals surface area contributed by atoms with Crippen molar-refractivity contribution in [1.29, 1.82) is 0 Å². The molecule has 3 heteroatoms. The number of para-hydroxylation sites is 3. The summed E-state index contributed by atoms with van der Waals surface area (Å²) in [5.74, 6) is 1.05. The standard InChI is InChI=1S/C18H17N3.C5H10/c1-18(2,3)17-20-13-9-5-4-8-12(13)16-19-14-10-6-7-11-15(14)21(16)17;1-3-5-4-2/h4-11H,1-3H3;3,5H,4H2,1-2H3. The number of fused-ring (bicyclic) bond motifs is 5. The van der Waals surface area contributed by atoms with Gasteiger partial charge in [-0.1, -0.05) is 64.1 Å². The molecule has 2 heterocycles. The van der Waals surface area contributed by atoms with Crippen molar-refractivity contribution < 1.29 is 0 Å². The number of hydrogen-bond acceptors (Lipinski definition) is 2. The number of nitrogens with zero attached hydrogens (tertiary/aromatic N) is 3. The van der Waals surface area contributed by atoms with E-state index >= 15 is 0 Å². The Morgan fingerprint density at radius 1 is 0.923 bits per heavy atom. The van der Waals surface area contributed by atoms with Crippen molar-refractivity contribution in [2.24, 2.45) is 0 Å². The van der Waals surface area contributed by atoms with Crippen LogP contribution >= 0.6 is 0 Å². The highest BCUT2D eigenvalue weighted by Crippen LogP contribution is 2.29. The molecule has 0 aliphatic rings. The van der Waals surface area contributed by atoms with Crippen molar-refractivity contribution >= 4 is 27.6 Å². The summed E-state index contributed by atoms with van der Waals surface area (Å²) in [6.07, 6.45) is 5.34. The Balaban J connectivity index is 0.000000349. The molecule has 0 bridgehead atoms. The largest absolute Gasteiger partial charge is 0.279 e. The number of rotatable bonds is 1. The van der Waals surface area contributed by atoms with Crippen molar-refractivity contribution in [3.05, 3.63) is 66.5 Å². The minimum atomic E-state index is -0.0498. The van der Waals surface area contributed by atoms with Crippen LogP contribution in [0, 0.1) is 0 Å². The van der Waals surface area contributed by atoms with Crippen molar-refractivity contribution in [1.82, 2.24) is 14.4 Å². The minimum absolute atomic E-state index is 0.0498. The first-order chi connectivity index (χ1) is 12.5. The lowest BCUT2D eigenvalue weighted by Crippen LogP contribution is -2.18. The fourth-order valence-corrected chi connectivity index (χ4v) is 3.08. The lowest BCUT2D eigenvalue weighted by atomic mass is 9.95. The topological polar surface area (TPSA) is 30.2 Å². The van der Waals surface area contributed by atoms with E-state index in [-0.39, 0.29) is 5.41 Å². The monoisotopic (exact) mass is 345 g/mol. The van der Waals surface area contributed by atoms with E-state index < -0.39 is 0 Å². The molecule has 2 aromatic heterocycles. The maximum absolute atomic E-state index is 4.92. The summed E-state index contributed by atoms with van der Waals surface area (Å²) < 4.78 is 2.21. The van der Waals surface area contributed by atoms with Crippen LogP contribution in [0.15, 0.2) is 60.7 Å². The zero-order valence-corrected chi connectivity index (χ0v) is 16.3. The second-order valence-corrected chi connectivity index (χ2v) is 7.44. The molecule has 26 heavy (non-hydrogen) atoms. The Morgan fingerprint density at radius 3 is 2.19 bits per heavy atom. The zero-order valence-electron chi connectivity index (χ0n) is 16.3. The van der Waals surface area contributed by atoms with E-state index in [1.165, 1.54) is 0 Å². The van der Waals surface area contributed by atoms with Gasteiger partial charge in [0.25, 0.3) is 0 Å². The Bertz CT molecular complexity index is 1070. The summed E-state index contributed by atoms with van der Waals surface area (Å²) in [4.78, 5) is 9.76. The summed E-state index contributed by atoms with van der Waals surface area (Å²) in [5, 5.41) is 1.10. The highest BCUT2D eigenvalue weighted by Gasteiger charge is 2.22. The summed E-state index contributed by atoms with van der Waals surface area (Å²) in [7, 11) is 0. The van der Waals surface area contributed by atoms with Crippen LogP contribution in [0.3, 0.4) is 0 Å². The van der Waals surface area contributed by atoms with Gasteiger partial charge >= 0.3 is 0 Å². The van der Waals surface area contributed by atoms with Gasteiger partial charge in [-0.2, -0.15) is 0 Å². The van der Waals surface area contributed by atoms with Crippen molar-refractivity contribution in [3.8, 4) is 0 Å². The average Bonchev–Trinajstić information content (AvgIpc) is 3.01. The lowest BCUT2D eigenvalue weighted by Gasteiger charge is -2.20. The van der Waals surface area contributed by atoms with E-state index in [0.29, 0.717) is 0 Å². The van der Waals surface area contributed by atoms with Crippen LogP contribution in [0.1, 0.15) is 46.9 Å². The normalized spacial score (nSPS) is 12.0. The Kier molecular flexibility index (Phi) is 5.08. The lowest BCUT2D eigenvalue weighted by molar-refractivity contribution is 0.542. The second kappa shape index (κ2) is 7.28. The molecule has 0 aliphatic carbocycles. The molecular weight excluding hydrogens is 318 g/mol. The number of imidazole rings is 1. The molecule has 4 aromatic rings. The van der Waals surface area contributed by atoms with E-state index in [0.717, 1.165) is 39.8 Å². The fraction of sp³-hybridized carbons (Fsp3) is 0.304. The van der Waals surface area contributed by atoms with Crippen LogP contribution in [0.4, 0.5) is 0 Å². The molecule has 0 N–H and O–H groups in total. The summed E-state index contributed by atoms with van der Waals surface area (Å²) >= 11 is 0.